The first kappa shape index (κ1) is 26.0. The molecule has 1 N–H and O–H groups in total. The van der Waals surface area contributed by atoms with Crippen molar-refractivity contribution < 1.29 is 19.4 Å². The van der Waals surface area contributed by atoms with E-state index in [2.05, 4.69) is 27.3 Å². The van der Waals surface area contributed by atoms with Gasteiger partial charge in [0.25, 0.3) is 0 Å². The Morgan fingerprint density at radius 1 is 1.12 bits per heavy atom. The van der Waals surface area contributed by atoms with Crippen LogP contribution in [0.3, 0.4) is 0 Å². The van der Waals surface area contributed by atoms with Crippen LogP contribution in [0.2, 0.25) is 0 Å². The molecule has 41 heavy (non-hydrogen) atoms. The van der Waals surface area contributed by atoms with E-state index in [9.17, 15) is 9.90 Å². The van der Waals surface area contributed by atoms with Gasteiger partial charge >= 0.3 is 6.01 Å². The molecule has 0 bridgehead atoms. The van der Waals surface area contributed by atoms with Gasteiger partial charge in [-0.05, 0) is 30.4 Å². The Morgan fingerprint density at radius 3 is 2.73 bits per heavy atom. The van der Waals surface area contributed by atoms with E-state index in [1.807, 2.05) is 29.2 Å². The van der Waals surface area contributed by atoms with Crippen molar-refractivity contribution >= 4 is 28.2 Å². The fourth-order valence-corrected chi connectivity index (χ4v) is 6.47. The standard InChI is InChI=1S/C31H36N6O4/c1-2-29(39)34-11-13-35(14-12-34)30-24-8-10-37(26-17-22(38)16-21-6-3-4-7-23(21)26)18-25(24)32-31(33-30)40-15-5-9-36-19-28-27(36)20-41-28/h2-4,6-7,16-17,27-28,38H,1,5,8-15,18-20H2/t27-,28?/m0/s1. The number of carbonyl (C=O) groups excluding carboxylic acids is 1. The van der Waals surface area contributed by atoms with Crippen LogP contribution in [0, 0.1) is 0 Å². The molecule has 1 aromatic heterocycles. The monoisotopic (exact) mass is 556 g/mol. The minimum atomic E-state index is -0.0330. The Bertz CT molecular complexity index is 1470. The van der Waals surface area contributed by atoms with Crippen molar-refractivity contribution in [2.75, 3.05) is 68.8 Å². The van der Waals surface area contributed by atoms with E-state index in [1.165, 1.54) is 6.08 Å². The summed E-state index contributed by atoms with van der Waals surface area (Å²) < 4.78 is 11.7. The average molecular weight is 557 g/mol. The van der Waals surface area contributed by atoms with Crippen molar-refractivity contribution in [2.24, 2.45) is 0 Å². The van der Waals surface area contributed by atoms with Gasteiger partial charge in [-0.15, -0.1) is 0 Å². The summed E-state index contributed by atoms with van der Waals surface area (Å²) in [5, 5.41) is 12.6. The molecule has 3 fully saturated rings. The zero-order valence-corrected chi connectivity index (χ0v) is 23.2. The number of fused-ring (bicyclic) bond motifs is 3. The second-order valence-electron chi connectivity index (χ2n) is 11.3. The number of benzene rings is 2. The number of amides is 1. The first-order valence-corrected chi connectivity index (χ1v) is 14.6. The molecule has 4 aliphatic heterocycles. The van der Waals surface area contributed by atoms with E-state index in [0.717, 1.165) is 72.6 Å². The molecule has 0 spiro atoms. The summed E-state index contributed by atoms with van der Waals surface area (Å²) in [6, 6.07) is 12.8. The van der Waals surface area contributed by atoms with Crippen LogP contribution in [-0.4, -0.2) is 102 Å². The number of phenols is 1. The summed E-state index contributed by atoms with van der Waals surface area (Å²) in [4.78, 5) is 30.8. The maximum atomic E-state index is 12.2. The number of aromatic nitrogens is 2. The van der Waals surface area contributed by atoms with Crippen molar-refractivity contribution in [3.05, 3.63) is 60.3 Å². The molecule has 3 aromatic rings. The lowest BCUT2D eigenvalue weighted by Crippen LogP contribution is -2.70. The lowest BCUT2D eigenvalue weighted by molar-refractivity contribution is -0.214. The summed E-state index contributed by atoms with van der Waals surface area (Å²) in [6.07, 6.45) is 3.51. The number of likely N-dealkylation sites (tertiary alicyclic amines) is 1. The van der Waals surface area contributed by atoms with E-state index >= 15 is 0 Å². The first-order chi connectivity index (χ1) is 20.1. The molecule has 4 aliphatic rings. The summed E-state index contributed by atoms with van der Waals surface area (Å²) in [5.41, 5.74) is 3.09. The van der Waals surface area contributed by atoms with Gasteiger partial charge < -0.3 is 29.3 Å². The molecule has 1 unspecified atom stereocenters. The molecule has 5 heterocycles. The van der Waals surface area contributed by atoms with E-state index in [0.29, 0.717) is 57.5 Å². The molecular formula is C31H36N6O4. The number of morpholine rings is 1. The SMILES string of the molecule is C=CC(=O)N1CCN(c2nc(OCCCN3CC4OC[C@@H]43)nc3c2CCN(c2cc(O)cc4ccccc24)C3)CC1. The number of anilines is 2. The molecule has 0 saturated carbocycles. The zero-order valence-electron chi connectivity index (χ0n) is 23.2. The lowest BCUT2D eigenvalue weighted by atomic mass is 9.95. The molecule has 3 saturated heterocycles. The Hall–Kier alpha value is -3.89. The van der Waals surface area contributed by atoms with Gasteiger partial charge in [-0.2, -0.15) is 9.97 Å². The van der Waals surface area contributed by atoms with Gasteiger partial charge in [-0.25, -0.2) is 0 Å². The van der Waals surface area contributed by atoms with Crippen LogP contribution in [0.25, 0.3) is 10.8 Å². The van der Waals surface area contributed by atoms with Crippen molar-refractivity contribution in [2.45, 2.75) is 31.5 Å². The van der Waals surface area contributed by atoms with Crippen LogP contribution in [0.15, 0.2) is 49.1 Å². The molecule has 10 heteroatoms. The van der Waals surface area contributed by atoms with Crippen LogP contribution < -0.4 is 14.5 Å². The topological polar surface area (TPSA) is 94.5 Å². The van der Waals surface area contributed by atoms with Crippen LogP contribution in [-0.2, 0) is 22.5 Å². The first-order valence-electron chi connectivity index (χ1n) is 14.6. The van der Waals surface area contributed by atoms with E-state index in [1.54, 1.807) is 6.07 Å². The number of piperazine rings is 1. The largest absolute Gasteiger partial charge is 0.508 e. The highest BCUT2D eigenvalue weighted by atomic mass is 16.5. The Balaban J connectivity index is 1.13. The van der Waals surface area contributed by atoms with Gasteiger partial charge in [0.2, 0.25) is 5.91 Å². The van der Waals surface area contributed by atoms with Crippen molar-refractivity contribution in [3.8, 4) is 11.8 Å². The Kier molecular flexibility index (Phi) is 6.88. The number of hydrogen-bond donors (Lipinski definition) is 1. The normalized spacial score (nSPS) is 22.0. The van der Waals surface area contributed by atoms with Gasteiger partial charge in [-0.3, -0.25) is 9.69 Å². The van der Waals surface area contributed by atoms with E-state index < -0.39 is 0 Å². The predicted molar refractivity (Wildman–Crippen MR) is 157 cm³/mol. The summed E-state index contributed by atoms with van der Waals surface area (Å²) >= 11 is 0. The molecule has 1 amide bonds. The molecule has 2 aromatic carbocycles. The van der Waals surface area contributed by atoms with E-state index in [4.69, 9.17) is 19.4 Å². The van der Waals surface area contributed by atoms with Crippen LogP contribution >= 0.6 is 0 Å². The second-order valence-corrected chi connectivity index (χ2v) is 11.3. The number of ether oxygens (including phenoxy) is 2. The molecule has 214 valence electrons. The molecule has 0 radical (unpaired) electrons. The zero-order chi connectivity index (χ0) is 27.9. The van der Waals surface area contributed by atoms with Crippen LogP contribution in [0.5, 0.6) is 11.8 Å². The third kappa shape index (κ3) is 4.95. The summed E-state index contributed by atoms with van der Waals surface area (Å²) in [7, 11) is 0. The Morgan fingerprint density at radius 2 is 1.98 bits per heavy atom. The van der Waals surface area contributed by atoms with Gasteiger partial charge in [0.15, 0.2) is 0 Å². The highest BCUT2D eigenvalue weighted by molar-refractivity contribution is 5.95. The van der Waals surface area contributed by atoms with Crippen molar-refractivity contribution in [1.29, 1.82) is 0 Å². The maximum Gasteiger partial charge on any atom is 0.318 e. The predicted octanol–water partition coefficient (Wildman–Crippen LogP) is 2.58. The third-order valence-electron chi connectivity index (χ3n) is 8.87. The lowest BCUT2D eigenvalue weighted by Gasteiger charge is -2.55. The number of rotatable bonds is 8. The molecule has 2 atom stereocenters. The number of nitrogens with zero attached hydrogens (tertiary/aromatic N) is 6. The summed E-state index contributed by atoms with van der Waals surface area (Å²) in [5.74, 6) is 1.13. The minimum absolute atomic E-state index is 0.0330. The number of hydrogen-bond acceptors (Lipinski definition) is 9. The fourth-order valence-electron chi connectivity index (χ4n) is 6.47. The van der Waals surface area contributed by atoms with Crippen LogP contribution in [0.1, 0.15) is 17.7 Å². The third-order valence-corrected chi connectivity index (χ3v) is 8.87. The Labute approximate surface area is 239 Å². The molecular weight excluding hydrogens is 520 g/mol. The summed E-state index contributed by atoms with van der Waals surface area (Å²) in [6.45, 7) is 11.1. The highest BCUT2D eigenvalue weighted by Crippen LogP contribution is 2.36. The maximum absolute atomic E-state index is 12.2. The number of phenolic OH excluding ortho intramolecular Hbond substituents is 1. The number of carbonyl (C=O) groups is 1. The van der Waals surface area contributed by atoms with Crippen molar-refractivity contribution in [3.63, 3.8) is 0 Å². The number of aromatic hydroxyl groups is 1. The minimum Gasteiger partial charge on any atom is -0.508 e. The molecule has 0 aliphatic carbocycles. The van der Waals surface area contributed by atoms with Gasteiger partial charge in [0.05, 0.1) is 37.6 Å². The molecule has 7 rings (SSSR count). The fraction of sp³-hybridized carbons (Fsp3) is 0.452. The second kappa shape index (κ2) is 10.8. The van der Waals surface area contributed by atoms with Gasteiger partial charge in [-0.1, -0.05) is 30.8 Å². The van der Waals surface area contributed by atoms with E-state index in [-0.39, 0.29) is 11.7 Å². The van der Waals surface area contributed by atoms with Crippen molar-refractivity contribution in [1.82, 2.24) is 19.8 Å². The highest BCUT2D eigenvalue weighted by Gasteiger charge is 2.46. The average Bonchev–Trinajstić information content (AvgIpc) is 2.99. The van der Waals surface area contributed by atoms with Gasteiger partial charge in [0.1, 0.15) is 11.6 Å². The molecule has 10 nitrogen and oxygen atoms in total. The smallest absolute Gasteiger partial charge is 0.318 e. The quantitative estimate of drug-likeness (QED) is 0.332. The van der Waals surface area contributed by atoms with Crippen LogP contribution in [0.4, 0.5) is 11.5 Å². The van der Waals surface area contributed by atoms with Gasteiger partial charge in [0, 0.05) is 68.5 Å².